The molecule has 206 valence electrons. The number of cyclic esters (lactones) is 1. The zero-order valence-electron chi connectivity index (χ0n) is 22.1. The molecule has 7 nitrogen and oxygen atoms in total. The fourth-order valence-corrected chi connectivity index (χ4v) is 7.31. The van der Waals surface area contributed by atoms with Crippen LogP contribution in [0.5, 0.6) is 5.75 Å². The molecule has 1 saturated heterocycles. The van der Waals surface area contributed by atoms with Gasteiger partial charge in [-0.25, -0.2) is 4.98 Å². The van der Waals surface area contributed by atoms with E-state index in [1.54, 1.807) is 4.40 Å². The van der Waals surface area contributed by atoms with Crippen molar-refractivity contribution in [3.8, 4) is 5.75 Å². The molecule has 3 fully saturated rings. The number of hydrogen-bond donors (Lipinski definition) is 0. The number of halogens is 1. The van der Waals surface area contributed by atoms with Crippen molar-refractivity contribution >= 4 is 39.7 Å². The first kappa shape index (κ1) is 26.5. The van der Waals surface area contributed by atoms with Crippen LogP contribution >= 0.6 is 22.9 Å². The van der Waals surface area contributed by atoms with Crippen molar-refractivity contribution in [3.63, 3.8) is 0 Å². The number of fused-ring (bicyclic) bond motifs is 1. The van der Waals surface area contributed by atoms with Crippen LogP contribution in [-0.2, 0) is 27.2 Å². The quantitative estimate of drug-likeness (QED) is 0.241. The summed E-state index contributed by atoms with van der Waals surface area (Å²) in [5.74, 6) is -0.0459. The highest BCUT2D eigenvalue weighted by atomic mass is 35.5. The number of Topliss-reactive ketones (excluding diaryl/α,β-unsaturated/α-hetero) is 1. The average Bonchev–Trinajstić information content (AvgIpc) is 3.39. The lowest BCUT2D eigenvalue weighted by Gasteiger charge is -2.43. The maximum atomic E-state index is 13.5. The Labute approximate surface area is 236 Å². The van der Waals surface area contributed by atoms with Crippen LogP contribution in [0.15, 0.2) is 34.4 Å². The fourth-order valence-electron chi connectivity index (χ4n) is 6.16. The Morgan fingerprint density at radius 1 is 1.15 bits per heavy atom. The maximum Gasteiger partial charge on any atom is 0.317 e. The molecule has 0 bridgehead atoms. The van der Waals surface area contributed by atoms with Crippen LogP contribution in [0.3, 0.4) is 0 Å². The second-order valence-corrected chi connectivity index (χ2v) is 12.7. The van der Waals surface area contributed by atoms with Gasteiger partial charge in [-0.05, 0) is 75.0 Å². The van der Waals surface area contributed by atoms with Crippen LogP contribution < -0.4 is 10.3 Å². The summed E-state index contributed by atoms with van der Waals surface area (Å²) >= 11 is 7.88. The summed E-state index contributed by atoms with van der Waals surface area (Å²) in [7, 11) is 0. The summed E-state index contributed by atoms with van der Waals surface area (Å²) in [6.07, 6.45) is 7.99. The Morgan fingerprint density at radius 3 is 2.67 bits per heavy atom. The van der Waals surface area contributed by atoms with E-state index in [4.69, 9.17) is 21.1 Å². The van der Waals surface area contributed by atoms with E-state index in [1.165, 1.54) is 30.2 Å². The van der Waals surface area contributed by atoms with Crippen molar-refractivity contribution < 1.29 is 19.1 Å². The van der Waals surface area contributed by atoms with Crippen LogP contribution in [0.1, 0.15) is 68.3 Å². The van der Waals surface area contributed by atoms with Gasteiger partial charge in [-0.1, -0.05) is 30.5 Å². The maximum absolute atomic E-state index is 13.5. The number of carbonyl (C=O) groups excluding carboxylic acids is 2. The minimum absolute atomic E-state index is 0.0824. The van der Waals surface area contributed by atoms with Gasteiger partial charge in [0.2, 0.25) is 0 Å². The van der Waals surface area contributed by atoms with Gasteiger partial charge in [-0.3, -0.25) is 18.8 Å². The summed E-state index contributed by atoms with van der Waals surface area (Å²) < 4.78 is 13.7. The van der Waals surface area contributed by atoms with Crippen LogP contribution in [0.4, 0.5) is 0 Å². The number of rotatable bonds is 9. The second-order valence-electron chi connectivity index (χ2n) is 11.5. The minimum atomic E-state index is -0.938. The van der Waals surface area contributed by atoms with E-state index < -0.39 is 17.5 Å². The van der Waals surface area contributed by atoms with Crippen LogP contribution in [-0.4, -0.2) is 33.3 Å². The van der Waals surface area contributed by atoms with Gasteiger partial charge >= 0.3 is 5.97 Å². The van der Waals surface area contributed by atoms with E-state index in [0.29, 0.717) is 46.8 Å². The normalized spacial score (nSPS) is 23.9. The molecule has 3 aliphatic rings. The second kappa shape index (κ2) is 10.7. The molecule has 39 heavy (non-hydrogen) atoms. The number of hydrogen-bond acceptors (Lipinski definition) is 7. The molecule has 1 aromatic carbocycles. The van der Waals surface area contributed by atoms with Gasteiger partial charge in [-0.15, -0.1) is 11.3 Å². The van der Waals surface area contributed by atoms with Gasteiger partial charge in [0.1, 0.15) is 17.3 Å². The number of thiazole rings is 1. The third kappa shape index (κ3) is 5.50. The molecule has 3 heterocycles. The zero-order valence-corrected chi connectivity index (χ0v) is 23.7. The lowest BCUT2D eigenvalue weighted by molar-refractivity contribution is -0.185. The Bertz CT molecular complexity index is 1450. The molecule has 0 spiro atoms. The largest absolute Gasteiger partial charge is 0.492 e. The molecule has 0 N–H and O–H groups in total. The van der Waals surface area contributed by atoms with Gasteiger partial charge in [0, 0.05) is 30.0 Å². The smallest absolute Gasteiger partial charge is 0.317 e. The summed E-state index contributed by atoms with van der Waals surface area (Å²) in [4.78, 5) is 44.6. The fraction of sp³-hybridized carbons (Fsp3) is 0.533. The number of ether oxygens (including phenoxy) is 2. The van der Waals surface area contributed by atoms with Gasteiger partial charge < -0.3 is 9.47 Å². The van der Waals surface area contributed by atoms with E-state index >= 15 is 0 Å². The lowest BCUT2D eigenvalue weighted by Crippen LogP contribution is -2.52. The standard InChI is InChI=1S/C30H33ClN2O5S/c1-18-17-39-29-32-22(14-27(35)33(18)29)13-23-25(34)15-30(38-28(23)36,21-4-2-3-5-21)11-10-19-8-9-26(24(31)12-19)37-16-20-6-7-20/h8-9,12,14,17,20-21,23H,2-7,10-11,13,15-16H2,1H3. The zero-order chi connectivity index (χ0) is 27.1. The van der Waals surface area contributed by atoms with Crippen LogP contribution in [0, 0.1) is 24.7 Å². The monoisotopic (exact) mass is 568 g/mol. The van der Waals surface area contributed by atoms with Gasteiger partial charge in [0.05, 0.1) is 17.3 Å². The Hall–Kier alpha value is -2.71. The van der Waals surface area contributed by atoms with Crippen molar-refractivity contribution in [3.05, 3.63) is 62.0 Å². The summed E-state index contributed by atoms with van der Waals surface area (Å²) in [5.41, 5.74) is 1.29. The van der Waals surface area contributed by atoms with E-state index in [9.17, 15) is 14.4 Å². The van der Waals surface area contributed by atoms with Gasteiger partial charge in [-0.2, -0.15) is 0 Å². The number of esters is 1. The predicted molar refractivity (Wildman–Crippen MR) is 150 cm³/mol. The highest BCUT2D eigenvalue weighted by Crippen LogP contribution is 2.45. The molecule has 2 unspecified atom stereocenters. The number of nitrogens with zero attached hydrogens (tertiary/aromatic N) is 2. The predicted octanol–water partition coefficient (Wildman–Crippen LogP) is 5.74. The first-order valence-corrected chi connectivity index (χ1v) is 15.2. The van der Waals surface area contributed by atoms with Gasteiger partial charge in [0.25, 0.3) is 5.56 Å². The number of carbonyl (C=O) groups is 2. The number of benzene rings is 1. The Morgan fingerprint density at radius 2 is 1.95 bits per heavy atom. The SMILES string of the molecule is Cc1csc2nc(CC3C(=O)CC(CCc4ccc(OCC5CC5)c(Cl)c4)(C4CCCC4)OC3=O)cc(=O)n12. The van der Waals surface area contributed by atoms with Crippen molar-refractivity contribution in [1.29, 1.82) is 0 Å². The van der Waals surface area contributed by atoms with Crippen molar-refractivity contribution in [2.24, 2.45) is 17.8 Å². The van der Waals surface area contributed by atoms with E-state index in [-0.39, 0.29) is 30.1 Å². The van der Waals surface area contributed by atoms with Crippen molar-refractivity contribution in [1.82, 2.24) is 9.38 Å². The van der Waals surface area contributed by atoms with Crippen molar-refractivity contribution in [2.45, 2.75) is 76.7 Å². The highest BCUT2D eigenvalue weighted by molar-refractivity contribution is 7.15. The third-order valence-electron chi connectivity index (χ3n) is 8.60. The summed E-state index contributed by atoms with van der Waals surface area (Å²) in [5, 5.41) is 2.45. The first-order valence-electron chi connectivity index (χ1n) is 13.9. The summed E-state index contributed by atoms with van der Waals surface area (Å²) in [6.45, 7) is 2.55. The minimum Gasteiger partial charge on any atom is -0.492 e. The molecule has 2 saturated carbocycles. The molecule has 2 aliphatic carbocycles. The lowest BCUT2D eigenvalue weighted by atomic mass is 9.73. The highest BCUT2D eigenvalue weighted by Gasteiger charge is 2.51. The summed E-state index contributed by atoms with van der Waals surface area (Å²) in [6, 6.07) is 7.28. The van der Waals surface area contributed by atoms with E-state index in [1.807, 2.05) is 30.5 Å². The average molecular weight is 569 g/mol. The Balaban J connectivity index is 1.17. The molecule has 9 heteroatoms. The Kier molecular flexibility index (Phi) is 7.27. The van der Waals surface area contributed by atoms with Crippen LogP contribution in [0.25, 0.3) is 4.96 Å². The number of aryl methyl sites for hydroxylation is 2. The third-order valence-corrected chi connectivity index (χ3v) is 9.84. The molecule has 3 aromatic rings. The molecular weight excluding hydrogens is 536 g/mol. The van der Waals surface area contributed by atoms with Crippen molar-refractivity contribution in [2.75, 3.05) is 6.61 Å². The van der Waals surface area contributed by atoms with E-state index in [0.717, 1.165) is 36.9 Å². The molecule has 0 radical (unpaired) electrons. The molecule has 6 rings (SSSR count). The first-order chi connectivity index (χ1) is 18.8. The van der Waals surface area contributed by atoms with Crippen LogP contribution in [0.2, 0.25) is 5.02 Å². The van der Waals surface area contributed by atoms with Gasteiger partial charge in [0.15, 0.2) is 10.7 Å². The molecular formula is C30H33ClN2O5S. The molecule has 2 atom stereocenters. The molecule has 1 aliphatic heterocycles. The number of ketones is 1. The topological polar surface area (TPSA) is 87.0 Å². The molecule has 0 amide bonds. The number of aromatic nitrogens is 2. The van der Waals surface area contributed by atoms with E-state index in [2.05, 4.69) is 4.98 Å². The molecule has 2 aromatic heterocycles.